The van der Waals surface area contributed by atoms with Gasteiger partial charge >= 0.3 is 6.09 Å². The highest BCUT2D eigenvalue weighted by atomic mass is 79.9. The molecule has 0 heterocycles. The topological polar surface area (TPSA) is 58.6 Å². The molecule has 0 bridgehead atoms. The Morgan fingerprint density at radius 2 is 2.24 bits per heavy atom. The van der Waals surface area contributed by atoms with E-state index >= 15 is 0 Å². The van der Waals surface area contributed by atoms with Crippen LogP contribution in [0.4, 0.5) is 4.79 Å². The Labute approximate surface area is 109 Å². The second kappa shape index (κ2) is 6.49. The molecule has 0 radical (unpaired) electrons. The minimum absolute atomic E-state index is 0.238. The molecule has 1 aromatic carbocycles. The molecule has 5 heteroatoms. The molecule has 0 aliphatic carbocycles. The summed E-state index contributed by atoms with van der Waals surface area (Å²) in [6, 6.07) is 5.57. The van der Waals surface area contributed by atoms with Gasteiger partial charge in [-0.25, -0.2) is 4.79 Å². The highest BCUT2D eigenvalue weighted by Gasteiger charge is 2.07. The second-order valence-electron chi connectivity index (χ2n) is 4.12. The minimum atomic E-state index is -1.04. The maximum Gasteiger partial charge on any atom is 0.404 e. The Balaban J connectivity index is 2.76. The van der Waals surface area contributed by atoms with Gasteiger partial charge in [0.25, 0.3) is 0 Å². The highest BCUT2D eigenvalue weighted by Crippen LogP contribution is 2.23. The highest BCUT2D eigenvalue weighted by molar-refractivity contribution is 9.10. The Hall–Kier alpha value is -1.23. The van der Waals surface area contributed by atoms with E-state index in [2.05, 4.69) is 35.1 Å². The van der Waals surface area contributed by atoms with E-state index < -0.39 is 6.09 Å². The van der Waals surface area contributed by atoms with Crippen molar-refractivity contribution in [3.63, 3.8) is 0 Å². The van der Waals surface area contributed by atoms with Gasteiger partial charge in [-0.15, -0.1) is 0 Å². The van der Waals surface area contributed by atoms with Gasteiger partial charge < -0.3 is 15.2 Å². The van der Waals surface area contributed by atoms with Crippen LogP contribution in [0.15, 0.2) is 22.7 Å². The number of amides is 1. The fraction of sp³-hybridized carbons (Fsp3) is 0.417. The SMILES string of the molecule is CC(C)COc1ccc(Br)cc1CNC(=O)O. The lowest BCUT2D eigenvalue weighted by Gasteiger charge is -2.13. The molecule has 0 fully saturated rings. The summed E-state index contributed by atoms with van der Waals surface area (Å²) in [5, 5.41) is 10.9. The molecule has 17 heavy (non-hydrogen) atoms. The molecule has 94 valence electrons. The number of halogens is 1. The Bertz CT molecular complexity index is 393. The average Bonchev–Trinajstić information content (AvgIpc) is 2.24. The molecule has 0 aliphatic heterocycles. The summed E-state index contributed by atoms with van der Waals surface area (Å²) in [4.78, 5) is 10.5. The first-order valence-corrected chi connectivity index (χ1v) is 6.16. The van der Waals surface area contributed by atoms with Crippen LogP contribution < -0.4 is 10.1 Å². The first-order valence-electron chi connectivity index (χ1n) is 5.37. The van der Waals surface area contributed by atoms with E-state index in [4.69, 9.17) is 9.84 Å². The van der Waals surface area contributed by atoms with Gasteiger partial charge in [-0.2, -0.15) is 0 Å². The number of benzene rings is 1. The lowest BCUT2D eigenvalue weighted by Crippen LogP contribution is -2.20. The van der Waals surface area contributed by atoms with E-state index in [1.807, 2.05) is 18.2 Å². The lowest BCUT2D eigenvalue weighted by molar-refractivity contribution is 0.193. The first-order chi connectivity index (χ1) is 7.99. The summed E-state index contributed by atoms with van der Waals surface area (Å²) in [5.41, 5.74) is 0.822. The van der Waals surface area contributed by atoms with Gasteiger partial charge in [-0.05, 0) is 24.1 Å². The molecule has 0 atom stereocenters. The van der Waals surface area contributed by atoms with Crippen molar-refractivity contribution in [2.45, 2.75) is 20.4 Å². The fourth-order valence-corrected chi connectivity index (χ4v) is 1.66. The summed E-state index contributed by atoms with van der Waals surface area (Å²) < 4.78 is 6.53. The molecule has 0 spiro atoms. The third kappa shape index (κ3) is 5.08. The van der Waals surface area contributed by atoms with Crippen LogP contribution >= 0.6 is 15.9 Å². The molecular weight excluding hydrogens is 286 g/mol. The van der Waals surface area contributed by atoms with Crippen LogP contribution in [0.2, 0.25) is 0 Å². The van der Waals surface area contributed by atoms with Gasteiger partial charge in [-0.3, -0.25) is 0 Å². The van der Waals surface area contributed by atoms with E-state index in [-0.39, 0.29) is 6.54 Å². The van der Waals surface area contributed by atoms with Crippen molar-refractivity contribution < 1.29 is 14.6 Å². The number of hydrogen-bond donors (Lipinski definition) is 2. The van der Waals surface area contributed by atoms with Crippen molar-refractivity contribution >= 4 is 22.0 Å². The second-order valence-corrected chi connectivity index (χ2v) is 5.03. The number of hydrogen-bond acceptors (Lipinski definition) is 2. The quantitative estimate of drug-likeness (QED) is 0.877. The van der Waals surface area contributed by atoms with Gasteiger partial charge in [0, 0.05) is 16.6 Å². The molecule has 4 nitrogen and oxygen atoms in total. The van der Waals surface area contributed by atoms with Gasteiger partial charge in [0.15, 0.2) is 0 Å². The third-order valence-corrected chi connectivity index (χ3v) is 2.52. The number of carboxylic acid groups (broad SMARTS) is 1. The third-order valence-electron chi connectivity index (χ3n) is 2.02. The molecule has 0 aromatic heterocycles. The monoisotopic (exact) mass is 301 g/mol. The number of rotatable bonds is 5. The normalized spacial score (nSPS) is 10.4. The van der Waals surface area contributed by atoms with Gasteiger partial charge in [0.05, 0.1) is 6.61 Å². The summed E-state index contributed by atoms with van der Waals surface area (Å²) in [6.07, 6.45) is -1.04. The van der Waals surface area contributed by atoms with E-state index in [1.54, 1.807) is 0 Å². The van der Waals surface area contributed by atoms with E-state index in [9.17, 15) is 4.79 Å². The maximum absolute atomic E-state index is 10.5. The van der Waals surface area contributed by atoms with Crippen LogP contribution in [0.1, 0.15) is 19.4 Å². The maximum atomic E-state index is 10.5. The van der Waals surface area contributed by atoms with E-state index in [0.717, 1.165) is 15.8 Å². The van der Waals surface area contributed by atoms with Crippen LogP contribution in [0, 0.1) is 5.92 Å². The molecule has 0 saturated carbocycles. The predicted octanol–water partition coefficient (Wildman–Crippen LogP) is 3.25. The molecule has 0 saturated heterocycles. The van der Waals surface area contributed by atoms with Gasteiger partial charge in [0.1, 0.15) is 5.75 Å². The zero-order chi connectivity index (χ0) is 12.8. The molecule has 0 unspecified atom stereocenters. The fourth-order valence-electron chi connectivity index (χ4n) is 1.25. The Morgan fingerprint density at radius 3 is 2.82 bits per heavy atom. The van der Waals surface area contributed by atoms with Crippen LogP contribution in [0.25, 0.3) is 0 Å². The molecule has 1 amide bonds. The summed E-state index contributed by atoms with van der Waals surface area (Å²) in [7, 11) is 0. The van der Waals surface area contributed by atoms with Crippen LogP contribution in [0.3, 0.4) is 0 Å². The summed E-state index contributed by atoms with van der Waals surface area (Å²) >= 11 is 3.35. The zero-order valence-corrected chi connectivity index (χ0v) is 11.5. The van der Waals surface area contributed by atoms with Gasteiger partial charge in [-0.1, -0.05) is 29.8 Å². The number of ether oxygens (including phenoxy) is 1. The van der Waals surface area contributed by atoms with Crippen molar-refractivity contribution in [3.8, 4) is 5.75 Å². The lowest BCUT2D eigenvalue weighted by atomic mass is 10.2. The van der Waals surface area contributed by atoms with Crippen LogP contribution in [-0.4, -0.2) is 17.8 Å². The summed E-state index contributed by atoms with van der Waals surface area (Å²) in [5.74, 6) is 1.15. The molecular formula is C12H16BrNO3. The summed E-state index contributed by atoms with van der Waals surface area (Å²) in [6.45, 7) is 4.98. The Morgan fingerprint density at radius 1 is 1.53 bits per heavy atom. The number of carbonyl (C=O) groups is 1. The average molecular weight is 302 g/mol. The minimum Gasteiger partial charge on any atom is -0.493 e. The zero-order valence-electron chi connectivity index (χ0n) is 9.87. The van der Waals surface area contributed by atoms with Crippen LogP contribution in [0.5, 0.6) is 5.75 Å². The van der Waals surface area contributed by atoms with E-state index in [0.29, 0.717) is 12.5 Å². The molecule has 1 rings (SSSR count). The largest absolute Gasteiger partial charge is 0.493 e. The molecule has 1 aromatic rings. The Kier molecular flexibility index (Phi) is 5.28. The smallest absolute Gasteiger partial charge is 0.404 e. The van der Waals surface area contributed by atoms with Crippen molar-refractivity contribution in [2.24, 2.45) is 5.92 Å². The van der Waals surface area contributed by atoms with Crippen LogP contribution in [-0.2, 0) is 6.54 Å². The first kappa shape index (κ1) is 13.8. The van der Waals surface area contributed by atoms with Crippen molar-refractivity contribution in [2.75, 3.05) is 6.61 Å². The predicted molar refractivity (Wildman–Crippen MR) is 69.3 cm³/mol. The molecule has 2 N–H and O–H groups in total. The van der Waals surface area contributed by atoms with E-state index in [1.165, 1.54) is 0 Å². The van der Waals surface area contributed by atoms with Crippen molar-refractivity contribution in [1.82, 2.24) is 5.32 Å². The number of nitrogens with one attached hydrogen (secondary N) is 1. The molecule has 0 aliphatic rings. The van der Waals surface area contributed by atoms with Gasteiger partial charge in [0.2, 0.25) is 0 Å². The van der Waals surface area contributed by atoms with Crippen molar-refractivity contribution in [3.05, 3.63) is 28.2 Å². The van der Waals surface area contributed by atoms with Crippen molar-refractivity contribution in [1.29, 1.82) is 0 Å². The standard InChI is InChI=1S/C12H16BrNO3/c1-8(2)7-17-11-4-3-10(13)5-9(11)6-14-12(15)16/h3-5,8,14H,6-7H2,1-2H3,(H,15,16).